The molecule has 2 unspecified atom stereocenters. The Morgan fingerprint density at radius 1 is 1.00 bits per heavy atom. The van der Waals surface area contributed by atoms with Gasteiger partial charge in [0.2, 0.25) is 0 Å². The van der Waals surface area contributed by atoms with Gasteiger partial charge in [-0.05, 0) is 0 Å². The second-order valence-electron chi connectivity index (χ2n) is 4.80. The molecule has 1 aliphatic rings. The van der Waals surface area contributed by atoms with E-state index in [0.29, 0.717) is 19.8 Å². The summed E-state index contributed by atoms with van der Waals surface area (Å²) in [4.78, 5) is 5.15. The molecule has 0 radical (unpaired) electrons. The Bertz CT molecular complexity index is 582. The van der Waals surface area contributed by atoms with Gasteiger partial charge in [-0.2, -0.15) is 0 Å². The van der Waals surface area contributed by atoms with Crippen molar-refractivity contribution < 1.29 is 4.74 Å². The summed E-state index contributed by atoms with van der Waals surface area (Å²) >= 11 is 0.409. The number of rotatable bonds is 3. The summed E-state index contributed by atoms with van der Waals surface area (Å²) in [6, 6.07) is 20.8. The van der Waals surface area contributed by atoms with E-state index < -0.39 is 0 Å². The minimum atomic E-state index is 0.225. The van der Waals surface area contributed by atoms with Crippen molar-refractivity contribution in [2.45, 2.75) is 17.8 Å². The third-order valence-electron chi connectivity index (χ3n) is 3.29. The van der Waals surface area contributed by atoms with Crippen molar-refractivity contribution >= 4 is 25.3 Å². The summed E-state index contributed by atoms with van der Waals surface area (Å²) in [5.74, 6) is 0.790. The molecule has 0 bridgehead atoms. The number of hydrogen-bond donors (Lipinski definition) is 0. The van der Waals surface area contributed by atoms with Crippen LogP contribution in [0.15, 0.2) is 65.7 Å². The first-order valence-electron chi connectivity index (χ1n) is 6.81. The van der Waals surface area contributed by atoms with Crippen LogP contribution in [0.4, 0.5) is 0 Å². The van der Waals surface area contributed by atoms with E-state index in [9.17, 15) is 0 Å². The van der Waals surface area contributed by atoms with Gasteiger partial charge in [-0.3, -0.25) is 0 Å². The summed E-state index contributed by atoms with van der Waals surface area (Å²) in [5, 5.41) is 0. The van der Waals surface area contributed by atoms with Crippen molar-refractivity contribution in [1.29, 1.82) is 0 Å². The molecule has 3 heteroatoms. The van der Waals surface area contributed by atoms with Crippen LogP contribution in [-0.2, 0) is 4.74 Å². The molecule has 20 heavy (non-hydrogen) atoms. The van der Waals surface area contributed by atoms with E-state index in [1.807, 2.05) is 30.3 Å². The summed E-state index contributed by atoms with van der Waals surface area (Å²) in [6.07, 6.45) is 0.225. The zero-order valence-electron chi connectivity index (χ0n) is 11.4. The average Bonchev–Trinajstić information content (AvgIpc) is 2.51. The predicted octanol–water partition coefficient (Wildman–Crippen LogP) is 2.67. The van der Waals surface area contributed by atoms with E-state index in [0.717, 1.165) is 18.0 Å². The fourth-order valence-electron chi connectivity index (χ4n) is 2.16. The van der Waals surface area contributed by atoms with Crippen molar-refractivity contribution in [1.82, 2.24) is 0 Å². The van der Waals surface area contributed by atoms with Gasteiger partial charge in [0.05, 0.1) is 0 Å². The van der Waals surface area contributed by atoms with Crippen molar-refractivity contribution in [2.75, 3.05) is 6.54 Å². The monoisotopic (exact) mass is 331 g/mol. The van der Waals surface area contributed by atoms with Crippen LogP contribution in [0.1, 0.15) is 12.5 Å². The molecule has 2 aromatic carbocycles. The Hall–Kier alpha value is -1.57. The van der Waals surface area contributed by atoms with Gasteiger partial charge in [0.25, 0.3) is 0 Å². The zero-order valence-corrected chi connectivity index (χ0v) is 13.1. The summed E-state index contributed by atoms with van der Waals surface area (Å²) in [5.41, 5.74) is 1.07. The Kier molecular flexibility index (Phi) is 4.19. The van der Waals surface area contributed by atoms with E-state index >= 15 is 0 Å². The number of nitrogens with zero attached hydrogens (tertiary/aromatic N) is 1. The first-order valence-corrected chi connectivity index (χ1v) is 8.66. The molecule has 1 aliphatic heterocycles. The summed E-state index contributed by atoms with van der Waals surface area (Å²) < 4.78 is 7.44. The molecule has 2 atom stereocenters. The van der Waals surface area contributed by atoms with Crippen LogP contribution in [0.25, 0.3) is 0 Å². The van der Waals surface area contributed by atoms with E-state index in [1.54, 1.807) is 0 Å². The van der Waals surface area contributed by atoms with Crippen molar-refractivity contribution in [3.05, 3.63) is 66.2 Å². The van der Waals surface area contributed by atoms with E-state index in [-0.39, 0.29) is 6.10 Å². The molecule has 0 N–H and O–H groups in total. The summed E-state index contributed by atoms with van der Waals surface area (Å²) in [6.45, 7) is 3.02. The standard InChI is InChI=1S/C17H17NOSe/c1-13-16(20-15-10-6-3-7-11-15)12-18-17(19-13)14-8-4-2-5-9-14/h2-11,13,16H,12H2,1H3. The summed E-state index contributed by atoms with van der Waals surface area (Å²) in [7, 11) is 0. The molecule has 0 fully saturated rings. The van der Waals surface area contributed by atoms with Crippen LogP contribution in [0.3, 0.4) is 0 Å². The van der Waals surface area contributed by atoms with Gasteiger partial charge in [-0.15, -0.1) is 0 Å². The number of benzene rings is 2. The van der Waals surface area contributed by atoms with Gasteiger partial charge in [-0.1, -0.05) is 0 Å². The van der Waals surface area contributed by atoms with Crippen LogP contribution in [0.5, 0.6) is 0 Å². The van der Waals surface area contributed by atoms with Gasteiger partial charge in [0.1, 0.15) is 0 Å². The number of hydrogen-bond acceptors (Lipinski definition) is 2. The van der Waals surface area contributed by atoms with Gasteiger partial charge in [0.15, 0.2) is 0 Å². The molecule has 2 aromatic rings. The van der Waals surface area contributed by atoms with Gasteiger partial charge < -0.3 is 0 Å². The first-order chi connectivity index (χ1) is 9.83. The van der Waals surface area contributed by atoms with Crippen LogP contribution in [0, 0.1) is 0 Å². The fourth-order valence-corrected chi connectivity index (χ4v) is 4.38. The second-order valence-corrected chi connectivity index (χ2v) is 7.56. The fraction of sp³-hybridized carbons (Fsp3) is 0.235. The van der Waals surface area contributed by atoms with Gasteiger partial charge >= 0.3 is 126 Å². The van der Waals surface area contributed by atoms with Crippen molar-refractivity contribution in [3.8, 4) is 0 Å². The number of ether oxygens (including phenoxy) is 1. The molecular weight excluding hydrogens is 313 g/mol. The Labute approximate surface area is 126 Å². The normalized spacial score (nSPS) is 21.9. The number of aliphatic imine (C=N–C) groups is 1. The predicted molar refractivity (Wildman–Crippen MR) is 84.0 cm³/mol. The molecule has 102 valence electrons. The zero-order chi connectivity index (χ0) is 13.8. The van der Waals surface area contributed by atoms with E-state index in [4.69, 9.17) is 4.74 Å². The van der Waals surface area contributed by atoms with Gasteiger partial charge in [-0.25, -0.2) is 0 Å². The third-order valence-corrected chi connectivity index (χ3v) is 6.18. The van der Waals surface area contributed by atoms with Gasteiger partial charge in [0, 0.05) is 0 Å². The average molecular weight is 330 g/mol. The Balaban J connectivity index is 1.71. The van der Waals surface area contributed by atoms with Crippen molar-refractivity contribution in [2.24, 2.45) is 4.99 Å². The van der Waals surface area contributed by atoms with Crippen molar-refractivity contribution in [3.63, 3.8) is 0 Å². The van der Waals surface area contributed by atoms with Crippen LogP contribution in [-0.4, -0.2) is 33.5 Å². The second kappa shape index (κ2) is 6.25. The molecule has 0 amide bonds. The van der Waals surface area contributed by atoms with Crippen LogP contribution >= 0.6 is 0 Å². The molecule has 0 spiro atoms. The topological polar surface area (TPSA) is 21.6 Å². The van der Waals surface area contributed by atoms with Crippen LogP contribution in [0.2, 0.25) is 4.82 Å². The maximum absolute atomic E-state index is 6.02. The van der Waals surface area contributed by atoms with E-state index in [2.05, 4.69) is 42.2 Å². The quantitative estimate of drug-likeness (QED) is 0.793. The molecule has 0 saturated carbocycles. The molecule has 2 nitrogen and oxygen atoms in total. The molecule has 3 rings (SSSR count). The molecule has 1 heterocycles. The first kappa shape index (κ1) is 13.4. The molecule has 0 saturated heterocycles. The Morgan fingerprint density at radius 2 is 1.65 bits per heavy atom. The molecule has 0 aliphatic carbocycles. The third kappa shape index (κ3) is 3.12. The molecule has 0 aromatic heterocycles. The SMILES string of the molecule is CC1OC(c2ccccc2)=NCC1[Se]c1ccccc1. The molecular formula is C17H17NOSe. The minimum absolute atomic E-state index is 0.225. The van der Waals surface area contributed by atoms with E-state index in [1.165, 1.54) is 4.46 Å². The Morgan fingerprint density at radius 3 is 2.30 bits per heavy atom. The van der Waals surface area contributed by atoms with Crippen LogP contribution < -0.4 is 4.46 Å². The maximum atomic E-state index is 6.02.